The van der Waals surface area contributed by atoms with E-state index in [2.05, 4.69) is 4.98 Å². The molecule has 0 spiro atoms. The third-order valence-corrected chi connectivity index (χ3v) is 3.11. The topological polar surface area (TPSA) is 52.0 Å². The van der Waals surface area contributed by atoms with E-state index in [1.54, 1.807) is 6.07 Å². The molecule has 1 aromatic heterocycles. The van der Waals surface area contributed by atoms with E-state index in [4.69, 9.17) is 34.8 Å². The Morgan fingerprint density at radius 2 is 1.95 bits per heavy atom. The fraction of sp³-hybridized carbons (Fsp3) is 0.0833. The fourth-order valence-corrected chi connectivity index (χ4v) is 2.18. The van der Waals surface area contributed by atoms with Crippen LogP contribution in [0.25, 0.3) is 0 Å². The van der Waals surface area contributed by atoms with Crippen molar-refractivity contribution in [2.45, 2.75) is 6.54 Å². The molecule has 0 aliphatic rings. The van der Waals surface area contributed by atoms with Gasteiger partial charge in [-0.15, -0.1) is 0 Å². The van der Waals surface area contributed by atoms with Crippen molar-refractivity contribution in [2.24, 2.45) is 0 Å². The molecule has 2 aromatic rings. The lowest BCUT2D eigenvalue weighted by Crippen LogP contribution is -2.25. The van der Waals surface area contributed by atoms with Gasteiger partial charge < -0.3 is 0 Å². The number of benzene rings is 1. The van der Waals surface area contributed by atoms with Gasteiger partial charge in [-0.05, 0) is 18.2 Å². The second-order valence-electron chi connectivity index (χ2n) is 3.73. The maximum absolute atomic E-state index is 12.1. The molecular formula is C12H7Cl3N2O2. The molecule has 0 saturated heterocycles. The van der Waals surface area contributed by atoms with Crippen LogP contribution in [0.5, 0.6) is 0 Å². The summed E-state index contributed by atoms with van der Waals surface area (Å²) in [6, 6.07) is 4.53. The lowest BCUT2D eigenvalue weighted by Gasteiger charge is -2.06. The first-order valence-electron chi connectivity index (χ1n) is 5.17. The molecule has 19 heavy (non-hydrogen) atoms. The minimum absolute atomic E-state index is 0.187. The highest BCUT2D eigenvalue weighted by molar-refractivity contribution is 6.36. The molecule has 0 atom stereocenters. The van der Waals surface area contributed by atoms with Crippen LogP contribution < -0.4 is 5.69 Å². The zero-order chi connectivity index (χ0) is 14.0. The van der Waals surface area contributed by atoms with Gasteiger partial charge in [0.15, 0.2) is 5.78 Å². The number of Topliss-reactive ketones (excluding diaryl/α,β-unsaturated/α-hetero) is 1. The predicted molar refractivity (Wildman–Crippen MR) is 74.3 cm³/mol. The number of hydrogen-bond donors (Lipinski definition) is 0. The fourth-order valence-electron chi connectivity index (χ4n) is 1.50. The van der Waals surface area contributed by atoms with Crippen LogP contribution >= 0.6 is 34.8 Å². The van der Waals surface area contributed by atoms with E-state index in [0.29, 0.717) is 5.02 Å². The largest absolute Gasteiger partial charge is 0.348 e. The predicted octanol–water partition coefficient (Wildman–Crippen LogP) is 3.09. The van der Waals surface area contributed by atoms with Gasteiger partial charge in [0.25, 0.3) is 0 Å². The van der Waals surface area contributed by atoms with Crippen molar-refractivity contribution < 1.29 is 4.79 Å². The number of carbonyl (C=O) groups is 1. The second-order valence-corrected chi connectivity index (χ2v) is 5.01. The molecule has 0 unspecified atom stereocenters. The number of aromatic nitrogens is 2. The van der Waals surface area contributed by atoms with Crippen molar-refractivity contribution in [3.8, 4) is 0 Å². The van der Waals surface area contributed by atoms with Crippen molar-refractivity contribution in [3.63, 3.8) is 0 Å². The summed E-state index contributed by atoms with van der Waals surface area (Å²) in [5, 5.41) is 0.943. The molecule has 4 nitrogen and oxygen atoms in total. The molecule has 0 N–H and O–H groups in total. The molecule has 0 amide bonds. The van der Waals surface area contributed by atoms with Gasteiger partial charge in [-0.3, -0.25) is 9.36 Å². The second kappa shape index (κ2) is 5.74. The smallest absolute Gasteiger partial charge is 0.292 e. The van der Waals surface area contributed by atoms with Crippen LogP contribution in [0.15, 0.2) is 35.4 Å². The van der Waals surface area contributed by atoms with E-state index in [1.165, 1.54) is 24.5 Å². The molecule has 7 heteroatoms. The van der Waals surface area contributed by atoms with E-state index in [1.807, 2.05) is 0 Å². The monoisotopic (exact) mass is 316 g/mol. The first kappa shape index (κ1) is 14.1. The quantitative estimate of drug-likeness (QED) is 0.817. The molecule has 0 bridgehead atoms. The average Bonchev–Trinajstić information content (AvgIpc) is 2.33. The molecule has 2 rings (SSSR count). The van der Waals surface area contributed by atoms with Gasteiger partial charge in [-0.1, -0.05) is 34.8 Å². The van der Waals surface area contributed by atoms with Crippen LogP contribution in [0.3, 0.4) is 0 Å². The standard InChI is InChI=1S/C12H7Cl3N2O2/c13-7-1-2-9(10(15)3-7)11(18)6-17-5-8(14)4-16-12(17)19/h1-5H,6H2. The number of nitrogens with zero attached hydrogens (tertiary/aromatic N) is 2. The summed E-state index contributed by atoms with van der Waals surface area (Å²) in [4.78, 5) is 27.0. The summed E-state index contributed by atoms with van der Waals surface area (Å²) in [7, 11) is 0. The Labute approximate surface area is 123 Å². The molecule has 0 saturated carbocycles. The lowest BCUT2D eigenvalue weighted by atomic mass is 10.1. The van der Waals surface area contributed by atoms with Gasteiger partial charge in [0.05, 0.1) is 22.8 Å². The van der Waals surface area contributed by atoms with Gasteiger partial charge in [-0.25, -0.2) is 9.78 Å². The lowest BCUT2D eigenvalue weighted by molar-refractivity contribution is 0.0970. The number of ketones is 1. The maximum Gasteiger partial charge on any atom is 0.348 e. The Balaban J connectivity index is 2.31. The highest BCUT2D eigenvalue weighted by Gasteiger charge is 2.12. The van der Waals surface area contributed by atoms with Gasteiger partial charge in [0.2, 0.25) is 0 Å². The summed E-state index contributed by atoms with van der Waals surface area (Å²) < 4.78 is 1.12. The molecular weight excluding hydrogens is 311 g/mol. The summed E-state index contributed by atoms with van der Waals surface area (Å²) in [6.07, 6.45) is 2.57. The van der Waals surface area contributed by atoms with Gasteiger partial charge in [0.1, 0.15) is 0 Å². The van der Waals surface area contributed by atoms with Crippen molar-refractivity contribution in [1.29, 1.82) is 0 Å². The molecule has 0 aliphatic heterocycles. The van der Waals surface area contributed by atoms with Crippen LogP contribution in [0, 0.1) is 0 Å². The first-order chi connectivity index (χ1) is 8.97. The van der Waals surface area contributed by atoms with E-state index in [-0.39, 0.29) is 27.9 Å². The van der Waals surface area contributed by atoms with E-state index < -0.39 is 5.69 Å². The number of carbonyl (C=O) groups excluding carboxylic acids is 1. The van der Waals surface area contributed by atoms with E-state index in [9.17, 15) is 9.59 Å². The zero-order valence-corrected chi connectivity index (χ0v) is 11.7. The van der Waals surface area contributed by atoms with Crippen LogP contribution in [0.1, 0.15) is 10.4 Å². The average molecular weight is 318 g/mol. The molecule has 0 radical (unpaired) electrons. The highest BCUT2D eigenvalue weighted by Crippen LogP contribution is 2.21. The number of halogens is 3. The van der Waals surface area contributed by atoms with Crippen LogP contribution in [-0.4, -0.2) is 15.3 Å². The Hall–Kier alpha value is -1.36. The molecule has 1 heterocycles. The zero-order valence-electron chi connectivity index (χ0n) is 9.44. The Morgan fingerprint density at radius 3 is 2.63 bits per heavy atom. The van der Waals surface area contributed by atoms with Crippen molar-refractivity contribution in [1.82, 2.24) is 9.55 Å². The highest BCUT2D eigenvalue weighted by atomic mass is 35.5. The van der Waals surface area contributed by atoms with E-state index >= 15 is 0 Å². The summed E-state index contributed by atoms with van der Waals surface area (Å²) in [6.45, 7) is -0.187. The normalized spacial score (nSPS) is 10.5. The van der Waals surface area contributed by atoms with Gasteiger partial charge in [0, 0.05) is 16.8 Å². The number of rotatable bonds is 3. The molecule has 98 valence electrons. The van der Waals surface area contributed by atoms with Crippen LogP contribution in [0.4, 0.5) is 0 Å². The maximum atomic E-state index is 12.1. The van der Waals surface area contributed by atoms with Crippen molar-refractivity contribution in [3.05, 3.63) is 61.7 Å². The van der Waals surface area contributed by atoms with Crippen molar-refractivity contribution in [2.75, 3.05) is 0 Å². The van der Waals surface area contributed by atoms with Gasteiger partial charge >= 0.3 is 5.69 Å². The Bertz CT molecular complexity index is 698. The Morgan fingerprint density at radius 1 is 1.21 bits per heavy atom. The molecule has 0 fully saturated rings. The SMILES string of the molecule is O=C(Cn1cc(Cl)cnc1=O)c1ccc(Cl)cc1Cl. The molecule has 1 aromatic carbocycles. The van der Waals surface area contributed by atoms with Crippen LogP contribution in [0.2, 0.25) is 15.1 Å². The minimum atomic E-state index is -0.553. The third-order valence-electron chi connectivity index (χ3n) is 2.37. The van der Waals surface area contributed by atoms with Crippen molar-refractivity contribution >= 4 is 40.6 Å². The third kappa shape index (κ3) is 3.35. The van der Waals surface area contributed by atoms with E-state index in [0.717, 1.165) is 4.57 Å². The molecule has 0 aliphatic carbocycles. The Kier molecular flexibility index (Phi) is 4.24. The summed E-state index contributed by atoms with van der Waals surface area (Å²) in [5.41, 5.74) is -0.263. The first-order valence-corrected chi connectivity index (χ1v) is 6.31. The summed E-state index contributed by atoms with van der Waals surface area (Å²) >= 11 is 17.4. The minimum Gasteiger partial charge on any atom is -0.292 e. The van der Waals surface area contributed by atoms with Gasteiger partial charge in [-0.2, -0.15) is 0 Å². The number of hydrogen-bond acceptors (Lipinski definition) is 3. The summed E-state index contributed by atoms with van der Waals surface area (Å²) in [5.74, 6) is -0.326. The van der Waals surface area contributed by atoms with Crippen LogP contribution in [-0.2, 0) is 6.54 Å².